The molecule has 0 aromatic carbocycles. The van der Waals surface area contributed by atoms with Crippen molar-refractivity contribution in [1.29, 1.82) is 5.26 Å². The molecule has 0 bridgehead atoms. The lowest BCUT2D eigenvalue weighted by atomic mass is 10.1. The largest absolute Gasteiger partial charge is 0.335 e. The second kappa shape index (κ2) is 5.26. The average molecular weight is 222 g/mol. The zero-order chi connectivity index (χ0) is 12.1. The molecule has 0 aliphatic carbocycles. The van der Waals surface area contributed by atoms with Gasteiger partial charge in [-0.15, -0.1) is 0 Å². The molecule has 0 saturated heterocycles. The molecular formula is C10H14N4O2. The second-order valence-electron chi connectivity index (χ2n) is 3.92. The molecule has 1 atom stereocenters. The Kier molecular flexibility index (Phi) is 4.00. The number of carbonyl (C=O) groups excluding carboxylic acids is 2. The molecule has 0 aromatic rings. The van der Waals surface area contributed by atoms with Crippen molar-refractivity contribution < 1.29 is 9.59 Å². The molecule has 2 amide bonds. The van der Waals surface area contributed by atoms with Crippen molar-refractivity contribution in [1.82, 2.24) is 10.7 Å². The Morgan fingerprint density at radius 3 is 2.69 bits per heavy atom. The molecule has 0 aromatic heterocycles. The van der Waals surface area contributed by atoms with E-state index in [4.69, 9.17) is 5.26 Å². The minimum atomic E-state index is -0.534. The van der Waals surface area contributed by atoms with E-state index in [1.54, 1.807) is 0 Å². The first-order chi connectivity index (χ1) is 7.54. The summed E-state index contributed by atoms with van der Waals surface area (Å²) in [5, 5.41) is 15.0. The second-order valence-corrected chi connectivity index (χ2v) is 3.92. The molecule has 0 fully saturated rings. The minimum absolute atomic E-state index is 0.0349. The third kappa shape index (κ3) is 3.05. The van der Waals surface area contributed by atoms with Gasteiger partial charge < -0.3 is 5.32 Å². The van der Waals surface area contributed by atoms with Crippen molar-refractivity contribution >= 4 is 17.5 Å². The van der Waals surface area contributed by atoms with Crippen LogP contribution in [-0.2, 0) is 9.59 Å². The topological polar surface area (TPSA) is 94.3 Å². The highest BCUT2D eigenvalue weighted by Crippen LogP contribution is 2.03. The van der Waals surface area contributed by atoms with E-state index in [1.807, 2.05) is 19.9 Å². The Labute approximate surface area is 93.7 Å². The summed E-state index contributed by atoms with van der Waals surface area (Å²) < 4.78 is 0. The molecular weight excluding hydrogens is 208 g/mol. The van der Waals surface area contributed by atoms with Gasteiger partial charge in [-0.05, 0) is 5.92 Å². The molecule has 0 radical (unpaired) electrons. The van der Waals surface area contributed by atoms with E-state index in [0.717, 1.165) is 0 Å². The molecule has 1 rings (SSSR count). The lowest BCUT2D eigenvalue weighted by molar-refractivity contribution is -0.121. The van der Waals surface area contributed by atoms with Gasteiger partial charge in [0.2, 0.25) is 5.91 Å². The van der Waals surface area contributed by atoms with Gasteiger partial charge in [-0.3, -0.25) is 9.59 Å². The van der Waals surface area contributed by atoms with E-state index in [2.05, 4.69) is 15.8 Å². The number of carbonyl (C=O) groups is 2. The van der Waals surface area contributed by atoms with Gasteiger partial charge >= 0.3 is 0 Å². The van der Waals surface area contributed by atoms with Gasteiger partial charge in [-0.1, -0.05) is 13.8 Å². The van der Waals surface area contributed by atoms with E-state index in [0.29, 0.717) is 6.42 Å². The summed E-state index contributed by atoms with van der Waals surface area (Å²) in [5.74, 6) is -0.551. The smallest absolute Gasteiger partial charge is 0.268 e. The molecule has 86 valence electrons. The SMILES string of the molecule is CC(C)C(C#N)NC(=O)C1=NNC(=O)CC1. The molecule has 0 spiro atoms. The fourth-order valence-electron chi connectivity index (χ4n) is 1.21. The van der Waals surface area contributed by atoms with E-state index in [-0.39, 0.29) is 29.9 Å². The lowest BCUT2D eigenvalue weighted by Crippen LogP contribution is -2.43. The van der Waals surface area contributed by atoms with Crippen LogP contribution in [0.15, 0.2) is 5.10 Å². The fraction of sp³-hybridized carbons (Fsp3) is 0.600. The fourth-order valence-corrected chi connectivity index (χ4v) is 1.21. The van der Waals surface area contributed by atoms with Gasteiger partial charge in [-0.2, -0.15) is 10.4 Å². The molecule has 1 aliphatic rings. The number of hydrogen-bond acceptors (Lipinski definition) is 4. The minimum Gasteiger partial charge on any atom is -0.335 e. The third-order valence-electron chi connectivity index (χ3n) is 2.26. The lowest BCUT2D eigenvalue weighted by Gasteiger charge is -2.17. The standard InChI is InChI=1S/C10H14N4O2/c1-6(2)8(5-11)12-10(16)7-3-4-9(15)14-13-7/h6,8H,3-4H2,1-2H3,(H,12,16)(H,14,15). The van der Waals surface area contributed by atoms with Crippen LogP contribution in [0.25, 0.3) is 0 Å². The maximum absolute atomic E-state index is 11.6. The van der Waals surface area contributed by atoms with Crippen molar-refractivity contribution in [2.24, 2.45) is 11.0 Å². The number of nitrogens with one attached hydrogen (secondary N) is 2. The number of nitrogens with zero attached hydrogens (tertiary/aromatic N) is 2. The van der Waals surface area contributed by atoms with E-state index in [9.17, 15) is 9.59 Å². The Hall–Kier alpha value is -1.90. The zero-order valence-corrected chi connectivity index (χ0v) is 9.28. The van der Waals surface area contributed by atoms with Crippen molar-refractivity contribution in [3.63, 3.8) is 0 Å². The van der Waals surface area contributed by atoms with Crippen LogP contribution in [0.3, 0.4) is 0 Å². The molecule has 2 N–H and O–H groups in total. The van der Waals surface area contributed by atoms with Crippen LogP contribution in [-0.4, -0.2) is 23.6 Å². The molecule has 16 heavy (non-hydrogen) atoms. The quantitative estimate of drug-likeness (QED) is 0.699. The first kappa shape index (κ1) is 12.2. The van der Waals surface area contributed by atoms with E-state index in [1.165, 1.54) is 0 Å². The summed E-state index contributed by atoms with van der Waals surface area (Å²) in [7, 11) is 0. The molecule has 1 aliphatic heterocycles. The molecule has 6 nitrogen and oxygen atoms in total. The first-order valence-corrected chi connectivity index (χ1v) is 5.10. The molecule has 6 heteroatoms. The van der Waals surface area contributed by atoms with Crippen molar-refractivity contribution in [3.05, 3.63) is 0 Å². The highest BCUT2D eigenvalue weighted by molar-refractivity contribution is 6.39. The molecule has 1 heterocycles. The van der Waals surface area contributed by atoms with Crippen LogP contribution < -0.4 is 10.7 Å². The summed E-state index contributed by atoms with van der Waals surface area (Å²) in [6.07, 6.45) is 0.569. The molecule has 1 unspecified atom stereocenters. The molecule has 0 saturated carbocycles. The van der Waals surface area contributed by atoms with Gasteiger partial charge in [-0.25, -0.2) is 5.43 Å². The Bertz CT molecular complexity index is 368. The normalized spacial score (nSPS) is 17.1. The highest BCUT2D eigenvalue weighted by atomic mass is 16.2. The zero-order valence-electron chi connectivity index (χ0n) is 9.28. The summed E-state index contributed by atoms with van der Waals surface area (Å²) >= 11 is 0. The maximum atomic E-state index is 11.6. The van der Waals surface area contributed by atoms with Gasteiger partial charge in [0.25, 0.3) is 5.91 Å². The third-order valence-corrected chi connectivity index (χ3v) is 2.26. The summed E-state index contributed by atoms with van der Waals surface area (Å²) in [4.78, 5) is 22.4. The van der Waals surface area contributed by atoms with Gasteiger partial charge in [0.15, 0.2) is 0 Å². The number of hydrogen-bond donors (Lipinski definition) is 2. The number of hydrazone groups is 1. The van der Waals surface area contributed by atoms with E-state index >= 15 is 0 Å². The maximum Gasteiger partial charge on any atom is 0.268 e. The Morgan fingerprint density at radius 2 is 2.25 bits per heavy atom. The van der Waals surface area contributed by atoms with Gasteiger partial charge in [0.05, 0.1) is 6.07 Å². The summed E-state index contributed by atoms with van der Waals surface area (Å²) in [6.45, 7) is 3.69. The monoisotopic (exact) mass is 222 g/mol. The Balaban J connectivity index is 2.59. The van der Waals surface area contributed by atoms with Gasteiger partial charge in [0, 0.05) is 12.8 Å². The number of rotatable bonds is 3. The van der Waals surface area contributed by atoms with Crippen LogP contribution in [0.4, 0.5) is 0 Å². The van der Waals surface area contributed by atoms with Crippen molar-refractivity contribution in [2.45, 2.75) is 32.7 Å². The van der Waals surface area contributed by atoms with Gasteiger partial charge in [0.1, 0.15) is 11.8 Å². The summed E-state index contributed by atoms with van der Waals surface area (Å²) in [6, 6.07) is 1.47. The number of amides is 2. The van der Waals surface area contributed by atoms with Crippen LogP contribution in [0.1, 0.15) is 26.7 Å². The van der Waals surface area contributed by atoms with Crippen LogP contribution >= 0.6 is 0 Å². The van der Waals surface area contributed by atoms with Crippen LogP contribution in [0.5, 0.6) is 0 Å². The highest BCUT2D eigenvalue weighted by Gasteiger charge is 2.22. The first-order valence-electron chi connectivity index (χ1n) is 5.10. The Morgan fingerprint density at radius 1 is 1.56 bits per heavy atom. The predicted octanol–water partition coefficient (Wildman–Crippen LogP) is -0.0832. The van der Waals surface area contributed by atoms with Crippen LogP contribution in [0.2, 0.25) is 0 Å². The number of nitriles is 1. The predicted molar refractivity (Wildman–Crippen MR) is 57.2 cm³/mol. The van der Waals surface area contributed by atoms with E-state index < -0.39 is 6.04 Å². The average Bonchev–Trinajstić information content (AvgIpc) is 2.26. The summed E-state index contributed by atoms with van der Waals surface area (Å²) in [5.41, 5.74) is 2.50. The van der Waals surface area contributed by atoms with Crippen molar-refractivity contribution in [3.8, 4) is 6.07 Å². The van der Waals surface area contributed by atoms with Crippen LogP contribution in [0, 0.1) is 17.2 Å². The van der Waals surface area contributed by atoms with Crippen molar-refractivity contribution in [2.75, 3.05) is 0 Å².